The number of rotatable bonds is 10. The second kappa shape index (κ2) is 11.0. The van der Waals surface area contributed by atoms with E-state index in [9.17, 15) is 15.0 Å². The van der Waals surface area contributed by atoms with Crippen molar-refractivity contribution in [1.82, 2.24) is 20.2 Å². The van der Waals surface area contributed by atoms with E-state index in [-0.39, 0.29) is 23.2 Å². The Labute approximate surface area is 189 Å². The van der Waals surface area contributed by atoms with Crippen LogP contribution in [0.1, 0.15) is 17.0 Å². The largest absolute Gasteiger partial charge is 0.508 e. The maximum atomic E-state index is 12.1. The van der Waals surface area contributed by atoms with Gasteiger partial charge in [-0.1, -0.05) is 35.5 Å². The third-order valence-corrected chi connectivity index (χ3v) is 5.31. The van der Waals surface area contributed by atoms with E-state index in [0.29, 0.717) is 23.8 Å². The zero-order chi connectivity index (χ0) is 22.9. The minimum Gasteiger partial charge on any atom is -0.508 e. The number of carbonyl (C=O) groups is 1. The minimum atomic E-state index is -0.336. The van der Waals surface area contributed by atoms with Crippen LogP contribution >= 0.6 is 11.8 Å². The number of phenols is 2. The van der Waals surface area contributed by atoms with Gasteiger partial charge in [0.15, 0.2) is 11.0 Å². The quantitative estimate of drug-likeness (QED) is 0.161. The lowest BCUT2D eigenvalue weighted by Gasteiger charge is -2.09. The number of nitrogens with zero attached hydrogens (tertiary/aromatic N) is 4. The number of aryl methyl sites for hydroxylation is 1. The number of anilines is 1. The fraction of sp³-hybridized carbons (Fsp3) is 0.182. The molecule has 9 nitrogen and oxygen atoms in total. The first-order chi connectivity index (χ1) is 15.5. The summed E-state index contributed by atoms with van der Waals surface area (Å²) >= 11 is 1.24. The summed E-state index contributed by atoms with van der Waals surface area (Å²) in [6.45, 7) is 6.81. The van der Waals surface area contributed by atoms with Gasteiger partial charge in [-0.2, -0.15) is 5.10 Å². The van der Waals surface area contributed by atoms with Crippen molar-refractivity contribution in [3.05, 3.63) is 72.1 Å². The minimum absolute atomic E-state index is 0.0582. The molecule has 0 saturated carbocycles. The topological polar surface area (TPSA) is 125 Å². The molecule has 4 N–H and O–H groups in total. The number of hydrogen-bond acceptors (Lipinski definition) is 8. The fourth-order valence-corrected chi connectivity index (χ4v) is 3.46. The summed E-state index contributed by atoms with van der Waals surface area (Å²) in [5.41, 5.74) is 4.93. The Balaban J connectivity index is 1.55. The van der Waals surface area contributed by atoms with E-state index < -0.39 is 0 Å². The Kier molecular flexibility index (Phi) is 7.87. The number of phenolic OH excluding ortho intramolecular Hbond substituents is 2. The van der Waals surface area contributed by atoms with E-state index >= 15 is 0 Å². The van der Waals surface area contributed by atoms with Gasteiger partial charge in [0.2, 0.25) is 0 Å². The summed E-state index contributed by atoms with van der Waals surface area (Å²) in [5.74, 6) is 0.282. The number of nitrogens with one attached hydrogen (secondary N) is 2. The van der Waals surface area contributed by atoms with Crippen molar-refractivity contribution in [2.75, 3.05) is 11.1 Å². The Morgan fingerprint density at radius 1 is 1.22 bits per heavy atom. The number of hydrogen-bond donors (Lipinski definition) is 4. The van der Waals surface area contributed by atoms with Crippen LogP contribution in [0.15, 0.2) is 65.4 Å². The zero-order valence-corrected chi connectivity index (χ0v) is 18.3. The molecule has 0 saturated heterocycles. The van der Waals surface area contributed by atoms with Gasteiger partial charge in [-0.15, -0.1) is 16.8 Å². The monoisotopic (exact) mass is 452 g/mol. The number of aromatic nitrogens is 3. The lowest BCUT2D eigenvalue weighted by molar-refractivity contribution is -0.118. The Morgan fingerprint density at radius 3 is 2.72 bits per heavy atom. The van der Waals surface area contributed by atoms with Gasteiger partial charge in [0.1, 0.15) is 11.5 Å². The molecule has 1 aromatic heterocycles. The number of allylic oxidation sites excluding steroid dienone is 1. The number of aromatic hydroxyl groups is 2. The van der Waals surface area contributed by atoms with Gasteiger partial charge in [-0.25, -0.2) is 5.43 Å². The lowest BCUT2D eigenvalue weighted by Crippen LogP contribution is -2.20. The number of hydrazone groups is 1. The maximum Gasteiger partial charge on any atom is 0.250 e. The normalized spacial score (nSPS) is 10.9. The van der Waals surface area contributed by atoms with Gasteiger partial charge in [-0.05, 0) is 31.2 Å². The molecule has 32 heavy (non-hydrogen) atoms. The van der Waals surface area contributed by atoms with E-state index in [4.69, 9.17) is 0 Å². The third-order valence-electron chi connectivity index (χ3n) is 4.35. The third kappa shape index (κ3) is 6.35. The van der Waals surface area contributed by atoms with Crippen LogP contribution in [0.25, 0.3) is 0 Å². The highest BCUT2D eigenvalue weighted by Crippen LogP contribution is 2.21. The highest BCUT2D eigenvalue weighted by Gasteiger charge is 2.13. The highest BCUT2D eigenvalue weighted by atomic mass is 32.2. The first-order valence-electron chi connectivity index (χ1n) is 9.76. The smallest absolute Gasteiger partial charge is 0.250 e. The number of carbonyl (C=O) groups excluding carboxylic acids is 1. The van der Waals surface area contributed by atoms with E-state index in [1.165, 1.54) is 41.7 Å². The van der Waals surface area contributed by atoms with Crippen molar-refractivity contribution in [2.24, 2.45) is 5.10 Å². The van der Waals surface area contributed by atoms with Gasteiger partial charge < -0.3 is 20.1 Å². The Hall–Kier alpha value is -3.79. The van der Waals surface area contributed by atoms with E-state index in [1.54, 1.807) is 6.08 Å². The first kappa shape index (κ1) is 22.9. The number of benzene rings is 2. The van der Waals surface area contributed by atoms with Gasteiger partial charge in [0, 0.05) is 23.9 Å². The molecule has 0 aliphatic heterocycles. The molecule has 0 radical (unpaired) electrons. The van der Waals surface area contributed by atoms with Crippen LogP contribution in [-0.2, 0) is 17.9 Å². The fourth-order valence-electron chi connectivity index (χ4n) is 2.70. The summed E-state index contributed by atoms with van der Waals surface area (Å²) in [6, 6.07) is 12.2. The van der Waals surface area contributed by atoms with Gasteiger partial charge in [0.25, 0.3) is 5.91 Å². The molecule has 0 atom stereocenters. The highest BCUT2D eigenvalue weighted by molar-refractivity contribution is 7.99. The number of amides is 1. The second-order valence-electron chi connectivity index (χ2n) is 6.84. The van der Waals surface area contributed by atoms with Crippen molar-refractivity contribution in [3.8, 4) is 11.5 Å². The molecule has 1 heterocycles. The molecule has 0 aliphatic rings. The van der Waals surface area contributed by atoms with Crippen LogP contribution in [0.5, 0.6) is 11.5 Å². The van der Waals surface area contributed by atoms with Crippen molar-refractivity contribution >= 4 is 29.6 Å². The first-order valence-corrected chi connectivity index (χ1v) is 10.7. The molecular weight excluding hydrogens is 428 g/mol. The second-order valence-corrected chi connectivity index (χ2v) is 7.79. The van der Waals surface area contributed by atoms with Gasteiger partial charge in [-0.3, -0.25) is 4.79 Å². The van der Waals surface area contributed by atoms with Crippen molar-refractivity contribution in [2.45, 2.75) is 25.2 Å². The molecule has 2 aromatic carbocycles. The summed E-state index contributed by atoms with van der Waals surface area (Å²) in [5, 5.41) is 35.2. The van der Waals surface area contributed by atoms with Gasteiger partial charge in [0.05, 0.1) is 18.5 Å². The molecule has 166 valence electrons. The van der Waals surface area contributed by atoms with E-state index in [2.05, 4.69) is 32.6 Å². The van der Waals surface area contributed by atoms with Crippen LogP contribution in [0, 0.1) is 6.92 Å². The average molecular weight is 453 g/mol. The molecule has 3 aromatic rings. The Bertz CT molecular complexity index is 1110. The predicted octanol–water partition coefficient (Wildman–Crippen LogP) is 3.04. The molecule has 0 unspecified atom stereocenters. The molecule has 0 aliphatic carbocycles. The standard InChI is InChI=1S/C22H24N6O3S/c1-3-10-28-20(13-23-17-7-4-15(2)5-8-17)25-27-22(28)32-14-21(31)26-24-12-16-6-9-18(29)11-19(16)30/h3-9,11-12,23,29-30H,1,10,13-14H2,2H3,(H,26,31)/b24-12+. The number of thioether (sulfide) groups is 1. The van der Waals surface area contributed by atoms with E-state index in [1.807, 2.05) is 35.8 Å². The molecular formula is C22H24N6O3S. The molecule has 10 heteroatoms. The molecule has 3 rings (SSSR count). The summed E-state index contributed by atoms with van der Waals surface area (Å²) in [4.78, 5) is 12.1. The van der Waals surface area contributed by atoms with Crippen LogP contribution in [-0.4, -0.2) is 42.9 Å². The molecule has 1 amide bonds. The predicted molar refractivity (Wildman–Crippen MR) is 125 cm³/mol. The van der Waals surface area contributed by atoms with E-state index in [0.717, 1.165) is 11.5 Å². The van der Waals surface area contributed by atoms with Crippen molar-refractivity contribution in [3.63, 3.8) is 0 Å². The van der Waals surface area contributed by atoms with Crippen molar-refractivity contribution in [1.29, 1.82) is 0 Å². The maximum absolute atomic E-state index is 12.1. The average Bonchev–Trinajstić information content (AvgIpc) is 3.15. The van der Waals surface area contributed by atoms with Crippen LogP contribution in [0.4, 0.5) is 5.69 Å². The SMILES string of the molecule is C=CCn1c(CNc2ccc(C)cc2)nnc1SCC(=O)N/N=C/c1ccc(O)cc1O. The summed E-state index contributed by atoms with van der Waals surface area (Å²) in [7, 11) is 0. The van der Waals surface area contributed by atoms with Gasteiger partial charge >= 0.3 is 0 Å². The summed E-state index contributed by atoms with van der Waals surface area (Å²) < 4.78 is 1.89. The van der Waals surface area contributed by atoms with Crippen molar-refractivity contribution < 1.29 is 15.0 Å². The lowest BCUT2D eigenvalue weighted by atomic mass is 10.2. The summed E-state index contributed by atoms with van der Waals surface area (Å²) in [6.07, 6.45) is 3.05. The van der Waals surface area contributed by atoms with Crippen LogP contribution in [0.2, 0.25) is 0 Å². The Morgan fingerprint density at radius 2 is 2.00 bits per heavy atom. The van der Waals surface area contributed by atoms with Crippen LogP contribution < -0.4 is 10.7 Å². The zero-order valence-electron chi connectivity index (χ0n) is 17.5. The molecule has 0 spiro atoms. The molecule has 0 fully saturated rings. The molecule has 0 bridgehead atoms. The van der Waals surface area contributed by atoms with Crippen LogP contribution in [0.3, 0.4) is 0 Å².